The molecule has 1 nitrogen and oxygen atoms in total. The first-order valence-corrected chi connectivity index (χ1v) is 11.0. The van der Waals surface area contributed by atoms with Crippen LogP contribution in [-0.2, 0) is 27.8 Å². The molecule has 140 valence electrons. The van der Waals surface area contributed by atoms with E-state index in [1.54, 1.807) is 0 Å². The van der Waals surface area contributed by atoms with Gasteiger partial charge in [-0.1, -0.05) is 81.4 Å². The summed E-state index contributed by atoms with van der Waals surface area (Å²) in [6.45, 7) is 8.51. The summed E-state index contributed by atoms with van der Waals surface area (Å²) in [5.74, 6) is 2.47. The van der Waals surface area contributed by atoms with Crippen molar-refractivity contribution >= 4 is 10.9 Å². The Morgan fingerprint density at radius 1 is 0.778 bits per heavy atom. The number of rotatable bonds is 5. The molecule has 0 saturated carbocycles. The minimum Gasteiger partial charge on any atom is -0.507 e. The predicted molar refractivity (Wildman–Crippen MR) is 117 cm³/mol. The Morgan fingerprint density at radius 3 is 1.70 bits per heavy atom. The van der Waals surface area contributed by atoms with Gasteiger partial charge in [-0.05, 0) is 24.0 Å². The van der Waals surface area contributed by atoms with Crippen LogP contribution in [0.15, 0.2) is 77.7 Å². The van der Waals surface area contributed by atoms with Crippen molar-refractivity contribution in [1.82, 2.24) is 0 Å². The number of phenols is 1. The highest BCUT2D eigenvalue weighted by Gasteiger charge is 2.28. The second-order valence-corrected chi connectivity index (χ2v) is 10.2. The van der Waals surface area contributed by atoms with Gasteiger partial charge >= 0.3 is 0 Å². The first-order chi connectivity index (χ1) is 12.8. The van der Waals surface area contributed by atoms with E-state index in [9.17, 15) is 5.11 Å². The van der Waals surface area contributed by atoms with Crippen LogP contribution in [0.2, 0.25) is 0 Å². The van der Waals surface area contributed by atoms with Gasteiger partial charge < -0.3 is 5.11 Å². The summed E-state index contributed by atoms with van der Waals surface area (Å²) in [5, 5.41) is 10.6. The average Bonchev–Trinajstić information content (AvgIpc) is 2.64. The molecule has 3 aromatic rings. The largest absolute Gasteiger partial charge is 0.507 e. The van der Waals surface area contributed by atoms with E-state index in [-0.39, 0.29) is 16.3 Å². The number of aryl methyl sites for hydroxylation is 1. The maximum Gasteiger partial charge on any atom is 0.156 e. The Morgan fingerprint density at radius 2 is 1.26 bits per heavy atom. The maximum atomic E-state index is 10.6. The van der Waals surface area contributed by atoms with Gasteiger partial charge in [0.2, 0.25) is 0 Å². The van der Waals surface area contributed by atoms with E-state index in [2.05, 4.69) is 93.6 Å². The molecule has 3 rings (SSSR count). The minimum absolute atomic E-state index is 0.0354. The fourth-order valence-electron chi connectivity index (χ4n) is 3.25. The zero-order valence-electron chi connectivity index (χ0n) is 16.7. The van der Waals surface area contributed by atoms with Gasteiger partial charge in [0.15, 0.2) is 4.90 Å². The van der Waals surface area contributed by atoms with E-state index in [4.69, 9.17) is 0 Å². The van der Waals surface area contributed by atoms with Gasteiger partial charge in [0.25, 0.3) is 0 Å². The molecule has 0 unspecified atom stereocenters. The monoisotopic (exact) mass is 377 g/mol. The molecule has 27 heavy (non-hydrogen) atoms. The SMILES string of the molecule is Cc1cc([S+](Cc2ccccc2)Cc2ccccc2)cc(C(C)(C)C)c1O. The molecule has 0 aromatic heterocycles. The molecule has 1 N–H and O–H groups in total. The Kier molecular flexibility index (Phi) is 5.96. The Bertz CT molecular complexity index is 838. The normalized spacial score (nSPS) is 11.7. The number of hydrogen-bond donors (Lipinski definition) is 1. The molecule has 0 spiro atoms. The third-order valence-corrected chi connectivity index (χ3v) is 7.05. The minimum atomic E-state index is -0.0840. The van der Waals surface area contributed by atoms with Crippen LogP contribution in [0.5, 0.6) is 5.75 Å². The first-order valence-electron chi connectivity index (χ1n) is 9.44. The number of aromatic hydroxyl groups is 1. The molecule has 3 aromatic carbocycles. The standard InChI is InChI=1S/C25H28OS/c1-19-15-22(16-23(24(19)26)25(2,3)4)27(17-20-11-7-5-8-12-20)18-21-13-9-6-10-14-21/h5-16H,17-18H2,1-4H3/p+1. The fourth-order valence-corrected chi connectivity index (χ4v) is 5.51. The molecule has 0 aliphatic carbocycles. The van der Waals surface area contributed by atoms with Crippen LogP contribution in [0, 0.1) is 6.92 Å². The lowest BCUT2D eigenvalue weighted by Gasteiger charge is -2.22. The summed E-state index contributed by atoms with van der Waals surface area (Å²) in [4.78, 5) is 1.34. The summed E-state index contributed by atoms with van der Waals surface area (Å²) < 4.78 is 0. The number of phenolic OH excluding ortho intramolecular Hbond substituents is 1. The first kappa shape index (κ1) is 19.6. The zero-order valence-corrected chi connectivity index (χ0v) is 17.5. The van der Waals surface area contributed by atoms with Crippen molar-refractivity contribution in [2.24, 2.45) is 0 Å². The van der Waals surface area contributed by atoms with E-state index in [1.165, 1.54) is 16.0 Å². The molecule has 2 heteroatoms. The molecule has 0 bridgehead atoms. The lowest BCUT2D eigenvalue weighted by molar-refractivity contribution is 0.442. The summed E-state index contributed by atoms with van der Waals surface area (Å²) in [5.41, 5.74) is 4.64. The van der Waals surface area contributed by atoms with Crippen LogP contribution in [0.25, 0.3) is 0 Å². The zero-order chi connectivity index (χ0) is 19.4. The van der Waals surface area contributed by atoms with Crippen LogP contribution < -0.4 is 0 Å². The predicted octanol–water partition coefficient (Wildman–Crippen LogP) is 6.38. The highest BCUT2D eigenvalue weighted by Crippen LogP contribution is 2.37. The topological polar surface area (TPSA) is 20.2 Å². The van der Waals surface area contributed by atoms with Gasteiger partial charge in [0, 0.05) is 33.7 Å². The number of benzene rings is 3. The summed E-state index contributed by atoms with van der Waals surface area (Å²) in [6, 6.07) is 25.9. The van der Waals surface area contributed by atoms with Crippen LogP contribution in [0.4, 0.5) is 0 Å². The smallest absolute Gasteiger partial charge is 0.156 e. The van der Waals surface area contributed by atoms with Gasteiger partial charge in [-0.15, -0.1) is 0 Å². The maximum absolute atomic E-state index is 10.6. The van der Waals surface area contributed by atoms with Crippen LogP contribution >= 0.6 is 0 Å². The van der Waals surface area contributed by atoms with Crippen LogP contribution in [-0.4, -0.2) is 5.11 Å². The van der Waals surface area contributed by atoms with Gasteiger partial charge in [0.1, 0.15) is 17.3 Å². The molecule has 0 atom stereocenters. The average molecular weight is 378 g/mol. The molecular weight excluding hydrogens is 348 g/mol. The lowest BCUT2D eigenvalue weighted by Crippen LogP contribution is -2.15. The van der Waals surface area contributed by atoms with Crippen LogP contribution in [0.3, 0.4) is 0 Å². The van der Waals surface area contributed by atoms with E-state index >= 15 is 0 Å². The van der Waals surface area contributed by atoms with Crippen molar-refractivity contribution in [2.45, 2.75) is 49.5 Å². The van der Waals surface area contributed by atoms with Gasteiger partial charge in [0.05, 0.1) is 0 Å². The van der Waals surface area contributed by atoms with Crippen molar-refractivity contribution in [2.75, 3.05) is 0 Å². The molecule has 0 aliphatic heterocycles. The molecule has 0 radical (unpaired) electrons. The molecule has 0 fully saturated rings. The molecular formula is C25H29OS+. The lowest BCUT2D eigenvalue weighted by atomic mass is 9.85. The summed E-state index contributed by atoms with van der Waals surface area (Å²) >= 11 is 0. The Balaban J connectivity index is 2.03. The van der Waals surface area contributed by atoms with Gasteiger partial charge in [-0.3, -0.25) is 0 Å². The Hall–Kier alpha value is -2.19. The molecule has 0 aliphatic rings. The van der Waals surface area contributed by atoms with E-state index < -0.39 is 0 Å². The number of hydrogen-bond acceptors (Lipinski definition) is 1. The Labute approximate surface area is 166 Å². The molecule has 0 heterocycles. The van der Waals surface area contributed by atoms with Crippen molar-refractivity contribution in [3.8, 4) is 5.75 Å². The quantitative estimate of drug-likeness (QED) is 0.512. The molecule has 0 amide bonds. The highest BCUT2D eigenvalue weighted by molar-refractivity contribution is 7.95. The summed E-state index contributed by atoms with van der Waals surface area (Å²) in [7, 11) is 0.0354. The van der Waals surface area contributed by atoms with Crippen molar-refractivity contribution in [3.63, 3.8) is 0 Å². The van der Waals surface area contributed by atoms with Crippen molar-refractivity contribution in [3.05, 3.63) is 95.1 Å². The van der Waals surface area contributed by atoms with Crippen molar-refractivity contribution < 1.29 is 5.11 Å². The van der Waals surface area contributed by atoms with Crippen molar-refractivity contribution in [1.29, 1.82) is 0 Å². The third-order valence-electron chi connectivity index (χ3n) is 4.78. The van der Waals surface area contributed by atoms with Gasteiger partial charge in [-0.2, -0.15) is 0 Å². The second-order valence-electron chi connectivity index (χ2n) is 8.14. The van der Waals surface area contributed by atoms with Crippen LogP contribution in [0.1, 0.15) is 43.0 Å². The second kappa shape index (κ2) is 8.22. The van der Waals surface area contributed by atoms with E-state index in [0.717, 1.165) is 22.6 Å². The third kappa shape index (κ3) is 4.95. The highest BCUT2D eigenvalue weighted by atomic mass is 32.2. The fraction of sp³-hybridized carbons (Fsp3) is 0.280. The van der Waals surface area contributed by atoms with E-state index in [1.807, 2.05) is 6.92 Å². The molecule has 0 saturated heterocycles. The summed E-state index contributed by atoms with van der Waals surface area (Å²) in [6.07, 6.45) is 0. The van der Waals surface area contributed by atoms with Gasteiger partial charge in [-0.25, -0.2) is 0 Å². The van der Waals surface area contributed by atoms with E-state index in [0.29, 0.717) is 5.75 Å².